The van der Waals surface area contributed by atoms with Gasteiger partial charge in [-0.15, -0.1) is 0 Å². The Labute approximate surface area is 173 Å². The molecule has 3 aromatic rings. The van der Waals surface area contributed by atoms with Gasteiger partial charge in [-0.25, -0.2) is 4.79 Å². The van der Waals surface area contributed by atoms with Gasteiger partial charge in [0.1, 0.15) is 12.6 Å². The van der Waals surface area contributed by atoms with Crippen LogP contribution in [0.5, 0.6) is 0 Å². The second-order valence-corrected chi connectivity index (χ2v) is 6.87. The molecule has 1 heterocycles. The maximum Gasteiger partial charge on any atom is 0.408 e. The first-order chi connectivity index (χ1) is 14.4. The van der Waals surface area contributed by atoms with E-state index in [1.807, 2.05) is 42.5 Å². The zero-order chi connectivity index (χ0) is 21.5. The molecule has 0 unspecified atom stereocenters. The first kappa shape index (κ1) is 20.9. The Bertz CT molecular complexity index is 1030. The lowest BCUT2D eigenvalue weighted by Crippen LogP contribution is -2.54. The number of hydrogen-bond acceptors (Lipinski definition) is 5. The van der Waals surface area contributed by atoms with Crippen LogP contribution in [0.1, 0.15) is 18.1 Å². The van der Waals surface area contributed by atoms with Gasteiger partial charge in [-0.3, -0.25) is 4.79 Å². The van der Waals surface area contributed by atoms with Crippen molar-refractivity contribution in [3.8, 4) is 0 Å². The molecule has 2 amide bonds. The molecule has 3 N–H and O–H groups in total. The number of carboxylic acid groups (broad SMARTS) is 1. The predicted molar refractivity (Wildman–Crippen MR) is 108 cm³/mol. The number of benzene rings is 2. The van der Waals surface area contributed by atoms with Crippen LogP contribution < -0.4 is 15.7 Å². The molecule has 8 nitrogen and oxygen atoms in total. The van der Waals surface area contributed by atoms with Crippen LogP contribution in [-0.4, -0.2) is 35.0 Å². The molecule has 0 aliphatic carbocycles. The molecule has 8 heteroatoms. The van der Waals surface area contributed by atoms with Crippen LogP contribution in [0.25, 0.3) is 10.9 Å². The number of ether oxygens (including phenoxy) is 1. The van der Waals surface area contributed by atoms with Gasteiger partial charge < -0.3 is 30.3 Å². The molecule has 0 bridgehead atoms. The van der Waals surface area contributed by atoms with E-state index in [2.05, 4.69) is 15.6 Å². The number of rotatable bonds is 8. The minimum atomic E-state index is -1.41. The highest BCUT2D eigenvalue weighted by Gasteiger charge is 2.21. The van der Waals surface area contributed by atoms with Crippen molar-refractivity contribution in [2.45, 2.75) is 32.0 Å². The molecular weight excluding hydrogens is 386 g/mol. The summed E-state index contributed by atoms with van der Waals surface area (Å²) in [4.78, 5) is 38.9. The molecule has 0 aliphatic rings. The summed E-state index contributed by atoms with van der Waals surface area (Å²) < 4.78 is 5.07. The van der Waals surface area contributed by atoms with E-state index in [0.29, 0.717) is 0 Å². The lowest BCUT2D eigenvalue weighted by molar-refractivity contribution is -0.308. The van der Waals surface area contributed by atoms with Crippen LogP contribution in [0.2, 0.25) is 0 Å². The van der Waals surface area contributed by atoms with Gasteiger partial charge in [0.25, 0.3) is 0 Å². The first-order valence-electron chi connectivity index (χ1n) is 9.47. The molecule has 156 valence electrons. The Morgan fingerprint density at radius 2 is 1.73 bits per heavy atom. The van der Waals surface area contributed by atoms with E-state index in [1.165, 1.54) is 6.92 Å². The molecule has 2 aromatic carbocycles. The molecule has 0 saturated heterocycles. The fourth-order valence-corrected chi connectivity index (χ4v) is 3.02. The first-order valence-corrected chi connectivity index (χ1v) is 9.47. The zero-order valence-corrected chi connectivity index (χ0v) is 16.4. The highest BCUT2D eigenvalue weighted by molar-refractivity contribution is 5.89. The summed E-state index contributed by atoms with van der Waals surface area (Å²) in [5.41, 5.74) is 2.41. The van der Waals surface area contributed by atoms with E-state index in [-0.39, 0.29) is 13.0 Å². The summed E-state index contributed by atoms with van der Waals surface area (Å²) in [6, 6.07) is 14.3. The third-order valence-corrected chi connectivity index (χ3v) is 4.64. The Balaban J connectivity index is 1.55. The molecule has 3 rings (SSSR count). The normalized spacial score (nSPS) is 12.7. The SMILES string of the molecule is C[C@@H](NC(=O)OCc1ccccc1)C(=O)N[C@@H](Cc1c[nH]c2ccccc12)C(=O)[O-]. The van der Waals surface area contributed by atoms with Crippen LogP contribution >= 0.6 is 0 Å². The van der Waals surface area contributed by atoms with Gasteiger partial charge >= 0.3 is 6.09 Å². The molecule has 0 radical (unpaired) electrons. The van der Waals surface area contributed by atoms with Crippen molar-refractivity contribution in [3.05, 3.63) is 71.9 Å². The average molecular weight is 408 g/mol. The fourth-order valence-electron chi connectivity index (χ4n) is 3.02. The van der Waals surface area contributed by atoms with Crippen molar-refractivity contribution in [1.82, 2.24) is 15.6 Å². The summed E-state index contributed by atoms with van der Waals surface area (Å²) in [5.74, 6) is -2.06. The van der Waals surface area contributed by atoms with Gasteiger partial charge in [0.05, 0.1) is 12.0 Å². The van der Waals surface area contributed by atoms with E-state index in [9.17, 15) is 19.5 Å². The minimum Gasteiger partial charge on any atom is -0.548 e. The third kappa shape index (κ3) is 5.38. The highest BCUT2D eigenvalue weighted by atomic mass is 16.5. The number of H-pyrrole nitrogens is 1. The predicted octanol–water partition coefficient (Wildman–Crippen LogP) is 1.26. The van der Waals surface area contributed by atoms with E-state index in [1.54, 1.807) is 18.3 Å². The summed E-state index contributed by atoms with van der Waals surface area (Å²) in [6.07, 6.45) is 0.974. The van der Waals surface area contributed by atoms with Crippen LogP contribution in [0, 0.1) is 0 Å². The van der Waals surface area contributed by atoms with Crippen molar-refractivity contribution in [1.29, 1.82) is 0 Å². The van der Waals surface area contributed by atoms with Gasteiger partial charge in [-0.1, -0.05) is 48.5 Å². The number of nitrogens with one attached hydrogen (secondary N) is 3. The molecule has 30 heavy (non-hydrogen) atoms. The van der Waals surface area contributed by atoms with E-state index in [4.69, 9.17) is 4.74 Å². The largest absolute Gasteiger partial charge is 0.548 e. The number of carbonyl (C=O) groups excluding carboxylic acids is 3. The topological polar surface area (TPSA) is 123 Å². The number of alkyl carbamates (subject to hydrolysis) is 1. The Morgan fingerprint density at radius 1 is 1.03 bits per heavy atom. The number of hydrogen-bond donors (Lipinski definition) is 3. The van der Waals surface area contributed by atoms with Crippen molar-refractivity contribution in [2.75, 3.05) is 0 Å². The van der Waals surface area contributed by atoms with Crippen molar-refractivity contribution in [2.24, 2.45) is 0 Å². The van der Waals surface area contributed by atoms with Gasteiger partial charge in [-0.2, -0.15) is 0 Å². The van der Waals surface area contributed by atoms with Gasteiger partial charge in [0.2, 0.25) is 5.91 Å². The number of fused-ring (bicyclic) bond motifs is 1. The van der Waals surface area contributed by atoms with Crippen molar-refractivity contribution in [3.63, 3.8) is 0 Å². The van der Waals surface area contributed by atoms with Gasteiger partial charge in [0, 0.05) is 23.5 Å². The summed E-state index contributed by atoms with van der Waals surface area (Å²) >= 11 is 0. The number of carboxylic acids is 1. The number of para-hydroxylation sites is 1. The zero-order valence-electron chi connectivity index (χ0n) is 16.4. The van der Waals surface area contributed by atoms with Crippen LogP contribution in [-0.2, 0) is 27.4 Å². The van der Waals surface area contributed by atoms with Crippen molar-refractivity contribution >= 4 is 28.9 Å². The van der Waals surface area contributed by atoms with E-state index >= 15 is 0 Å². The van der Waals surface area contributed by atoms with Crippen molar-refractivity contribution < 1.29 is 24.2 Å². The maximum atomic E-state index is 12.4. The Hall–Kier alpha value is -3.81. The molecule has 0 fully saturated rings. The molecule has 0 saturated carbocycles. The Morgan fingerprint density at radius 3 is 2.47 bits per heavy atom. The van der Waals surface area contributed by atoms with Crippen LogP contribution in [0.4, 0.5) is 4.79 Å². The molecule has 0 spiro atoms. The lowest BCUT2D eigenvalue weighted by atomic mass is 10.0. The lowest BCUT2D eigenvalue weighted by Gasteiger charge is -2.22. The van der Waals surface area contributed by atoms with Gasteiger partial charge in [-0.05, 0) is 24.1 Å². The second kappa shape index (κ2) is 9.60. The minimum absolute atomic E-state index is 0.0449. The number of aromatic amines is 1. The molecule has 1 aromatic heterocycles. The molecule has 2 atom stereocenters. The smallest absolute Gasteiger partial charge is 0.408 e. The summed E-state index contributed by atoms with van der Waals surface area (Å²) in [5, 5.41) is 17.2. The monoisotopic (exact) mass is 408 g/mol. The number of aliphatic carboxylic acids is 1. The average Bonchev–Trinajstić information content (AvgIpc) is 3.15. The molecular formula is C22H22N3O5-. The quantitative estimate of drug-likeness (QED) is 0.518. The summed E-state index contributed by atoms with van der Waals surface area (Å²) in [6.45, 7) is 1.50. The van der Waals surface area contributed by atoms with E-state index < -0.39 is 30.1 Å². The second-order valence-electron chi connectivity index (χ2n) is 6.87. The highest BCUT2D eigenvalue weighted by Crippen LogP contribution is 2.19. The fraction of sp³-hybridized carbons (Fsp3) is 0.227. The summed E-state index contributed by atoms with van der Waals surface area (Å²) in [7, 11) is 0. The Kier molecular flexibility index (Phi) is 6.69. The van der Waals surface area contributed by atoms with Gasteiger partial charge in [0.15, 0.2) is 0 Å². The number of amides is 2. The van der Waals surface area contributed by atoms with Crippen LogP contribution in [0.15, 0.2) is 60.8 Å². The molecule has 0 aliphatic heterocycles. The van der Waals surface area contributed by atoms with Crippen LogP contribution in [0.3, 0.4) is 0 Å². The maximum absolute atomic E-state index is 12.4. The number of carbonyl (C=O) groups is 3. The standard InChI is InChI=1S/C22H23N3O5/c1-14(24-22(29)30-13-15-7-3-2-4-8-15)20(26)25-19(21(27)28)11-16-12-23-18-10-6-5-9-17(16)18/h2-10,12,14,19,23H,11,13H2,1H3,(H,24,29)(H,25,26)(H,27,28)/p-1/t14-,19+/m1/s1. The van der Waals surface area contributed by atoms with E-state index in [0.717, 1.165) is 22.0 Å². The number of aromatic nitrogens is 1. The third-order valence-electron chi connectivity index (χ3n) is 4.64.